The number of esters is 1. The summed E-state index contributed by atoms with van der Waals surface area (Å²) in [4.78, 5) is 11.2. The highest BCUT2D eigenvalue weighted by Crippen LogP contribution is 2.14. The number of rotatable bonds is 3. The Balaban J connectivity index is 2.31. The number of hydrogen-bond donors (Lipinski definition) is 0. The van der Waals surface area contributed by atoms with E-state index >= 15 is 0 Å². The molecule has 1 rings (SSSR count). The van der Waals surface area contributed by atoms with E-state index in [4.69, 9.17) is 9.47 Å². The third-order valence-electron chi connectivity index (χ3n) is 1.83. The van der Waals surface area contributed by atoms with Crippen molar-refractivity contribution in [2.24, 2.45) is 0 Å². The summed E-state index contributed by atoms with van der Waals surface area (Å²) in [6.07, 6.45) is 2.76. The molecular weight excluding hydrogens is 156 g/mol. The number of carbonyl (C=O) groups excluding carboxylic acids is 1. The van der Waals surface area contributed by atoms with Crippen LogP contribution in [0, 0.1) is 0 Å². The summed E-state index contributed by atoms with van der Waals surface area (Å²) in [5.41, 5.74) is 0. The monoisotopic (exact) mass is 170 g/mol. The maximum atomic E-state index is 11.2. The average Bonchev–Trinajstić information content (AvgIpc) is 2.56. The molecule has 1 aliphatic rings. The Kier molecular flexibility index (Phi) is 3.29. The first-order valence-electron chi connectivity index (χ1n) is 4.18. The van der Waals surface area contributed by atoms with E-state index in [1.54, 1.807) is 13.0 Å². The molecule has 0 N–H and O–H groups in total. The van der Waals surface area contributed by atoms with Crippen LogP contribution in [-0.4, -0.2) is 24.8 Å². The van der Waals surface area contributed by atoms with Crippen molar-refractivity contribution in [3.63, 3.8) is 0 Å². The fourth-order valence-electron chi connectivity index (χ4n) is 1.07. The third-order valence-corrected chi connectivity index (χ3v) is 1.83. The van der Waals surface area contributed by atoms with Crippen molar-refractivity contribution in [2.45, 2.75) is 32.0 Å². The lowest BCUT2D eigenvalue weighted by Gasteiger charge is -2.12. The van der Waals surface area contributed by atoms with E-state index in [9.17, 15) is 4.79 Å². The molecule has 0 aromatic rings. The smallest absolute Gasteiger partial charge is 0.335 e. The van der Waals surface area contributed by atoms with Gasteiger partial charge in [-0.05, 0) is 19.8 Å². The summed E-state index contributed by atoms with van der Waals surface area (Å²) in [5.74, 6) is -0.264. The lowest BCUT2D eigenvalue weighted by Crippen LogP contribution is -2.25. The first-order chi connectivity index (χ1) is 5.74. The van der Waals surface area contributed by atoms with Gasteiger partial charge in [-0.1, -0.05) is 12.7 Å². The van der Waals surface area contributed by atoms with Gasteiger partial charge in [-0.3, -0.25) is 0 Å². The van der Waals surface area contributed by atoms with E-state index in [0.717, 1.165) is 12.8 Å². The fraction of sp³-hybridized carbons (Fsp3) is 0.667. The summed E-state index contributed by atoms with van der Waals surface area (Å²) < 4.78 is 10.2. The van der Waals surface area contributed by atoms with Crippen LogP contribution in [-0.2, 0) is 14.3 Å². The van der Waals surface area contributed by atoms with Crippen LogP contribution in [0.1, 0.15) is 19.8 Å². The van der Waals surface area contributed by atoms with E-state index in [2.05, 4.69) is 6.58 Å². The van der Waals surface area contributed by atoms with Crippen LogP contribution in [0.3, 0.4) is 0 Å². The van der Waals surface area contributed by atoms with Crippen LogP contribution < -0.4 is 0 Å². The molecule has 0 spiro atoms. The second-order valence-electron chi connectivity index (χ2n) is 2.88. The molecular formula is C9H14O3. The Labute approximate surface area is 72.4 Å². The maximum Gasteiger partial charge on any atom is 0.335 e. The summed E-state index contributed by atoms with van der Waals surface area (Å²) in [7, 11) is 0. The van der Waals surface area contributed by atoms with Gasteiger partial charge in [-0.25, -0.2) is 4.79 Å². The Morgan fingerprint density at radius 2 is 2.58 bits per heavy atom. The zero-order valence-corrected chi connectivity index (χ0v) is 7.29. The van der Waals surface area contributed by atoms with Gasteiger partial charge in [0.15, 0.2) is 6.10 Å². The van der Waals surface area contributed by atoms with E-state index in [1.807, 2.05) is 0 Å². The van der Waals surface area contributed by atoms with Gasteiger partial charge in [0.2, 0.25) is 0 Å². The average molecular weight is 170 g/mol. The highest BCUT2D eigenvalue weighted by molar-refractivity contribution is 5.75. The lowest BCUT2D eigenvalue weighted by atomic mass is 10.2. The molecule has 12 heavy (non-hydrogen) atoms. The standard InChI is InChI=1S/C9H14O3/c1-3-7(2)12-9(10)8-5-4-6-11-8/h3,7-8H,1,4-6H2,2H3. The van der Waals surface area contributed by atoms with E-state index in [1.165, 1.54) is 0 Å². The first kappa shape index (κ1) is 9.26. The van der Waals surface area contributed by atoms with Gasteiger partial charge < -0.3 is 9.47 Å². The van der Waals surface area contributed by atoms with Crippen LogP contribution >= 0.6 is 0 Å². The van der Waals surface area contributed by atoms with E-state index in [-0.39, 0.29) is 18.2 Å². The molecule has 3 heteroatoms. The molecule has 0 aromatic carbocycles. The highest BCUT2D eigenvalue weighted by atomic mass is 16.6. The molecule has 0 radical (unpaired) electrons. The molecule has 0 aromatic heterocycles. The van der Waals surface area contributed by atoms with Crippen LogP contribution in [0.25, 0.3) is 0 Å². The molecule has 3 nitrogen and oxygen atoms in total. The largest absolute Gasteiger partial charge is 0.457 e. The van der Waals surface area contributed by atoms with Crippen molar-refractivity contribution < 1.29 is 14.3 Å². The normalized spacial score (nSPS) is 24.9. The zero-order chi connectivity index (χ0) is 8.97. The molecule has 0 aliphatic carbocycles. The van der Waals surface area contributed by atoms with Crippen molar-refractivity contribution in [3.8, 4) is 0 Å². The van der Waals surface area contributed by atoms with Crippen LogP contribution in [0.5, 0.6) is 0 Å². The minimum Gasteiger partial charge on any atom is -0.457 e. The van der Waals surface area contributed by atoms with Gasteiger partial charge in [0.25, 0.3) is 0 Å². The second-order valence-corrected chi connectivity index (χ2v) is 2.88. The van der Waals surface area contributed by atoms with Gasteiger partial charge in [-0.15, -0.1) is 0 Å². The summed E-state index contributed by atoms with van der Waals surface area (Å²) in [5, 5.41) is 0. The molecule has 1 heterocycles. The first-order valence-corrected chi connectivity index (χ1v) is 4.18. The summed E-state index contributed by atoms with van der Waals surface area (Å²) >= 11 is 0. The quantitative estimate of drug-likeness (QED) is 0.473. The molecule has 0 bridgehead atoms. The van der Waals surface area contributed by atoms with E-state index < -0.39 is 0 Å². The minimum absolute atomic E-state index is 0.221. The fourth-order valence-corrected chi connectivity index (χ4v) is 1.07. The molecule has 0 amide bonds. The minimum atomic E-state index is -0.340. The number of carbonyl (C=O) groups is 1. The molecule has 2 atom stereocenters. The van der Waals surface area contributed by atoms with Gasteiger partial charge in [0.05, 0.1) is 0 Å². The molecule has 2 unspecified atom stereocenters. The van der Waals surface area contributed by atoms with E-state index in [0.29, 0.717) is 6.61 Å². The Hall–Kier alpha value is -0.830. The van der Waals surface area contributed by atoms with Crippen molar-refractivity contribution in [3.05, 3.63) is 12.7 Å². The molecule has 1 saturated heterocycles. The summed E-state index contributed by atoms with van der Waals surface area (Å²) in [6.45, 7) is 5.97. The van der Waals surface area contributed by atoms with Crippen LogP contribution in [0.4, 0.5) is 0 Å². The topological polar surface area (TPSA) is 35.5 Å². The van der Waals surface area contributed by atoms with Gasteiger partial charge >= 0.3 is 5.97 Å². The predicted molar refractivity (Wildman–Crippen MR) is 44.7 cm³/mol. The predicted octanol–water partition coefficient (Wildman–Crippen LogP) is 1.28. The van der Waals surface area contributed by atoms with Gasteiger partial charge in [0.1, 0.15) is 6.10 Å². The Morgan fingerprint density at radius 1 is 1.83 bits per heavy atom. The summed E-state index contributed by atoms with van der Waals surface area (Å²) in [6, 6.07) is 0. The number of hydrogen-bond acceptors (Lipinski definition) is 3. The Bertz CT molecular complexity index is 171. The molecule has 0 saturated carbocycles. The molecule has 1 fully saturated rings. The third kappa shape index (κ3) is 2.34. The highest BCUT2D eigenvalue weighted by Gasteiger charge is 2.25. The van der Waals surface area contributed by atoms with Crippen LogP contribution in [0.2, 0.25) is 0 Å². The lowest BCUT2D eigenvalue weighted by molar-refractivity contribution is -0.156. The molecule has 68 valence electrons. The van der Waals surface area contributed by atoms with Crippen molar-refractivity contribution in [1.82, 2.24) is 0 Å². The van der Waals surface area contributed by atoms with Crippen LogP contribution in [0.15, 0.2) is 12.7 Å². The maximum absolute atomic E-state index is 11.2. The van der Waals surface area contributed by atoms with Crippen molar-refractivity contribution >= 4 is 5.97 Å². The van der Waals surface area contributed by atoms with Gasteiger partial charge in [-0.2, -0.15) is 0 Å². The van der Waals surface area contributed by atoms with Crippen molar-refractivity contribution in [1.29, 1.82) is 0 Å². The van der Waals surface area contributed by atoms with Gasteiger partial charge in [0, 0.05) is 6.61 Å². The molecule has 1 aliphatic heterocycles. The zero-order valence-electron chi connectivity index (χ0n) is 7.29. The van der Waals surface area contributed by atoms with Crippen molar-refractivity contribution in [2.75, 3.05) is 6.61 Å². The second kappa shape index (κ2) is 4.26. The Morgan fingerprint density at radius 3 is 3.08 bits per heavy atom. The SMILES string of the molecule is C=CC(C)OC(=O)C1CCCO1. The number of ether oxygens (including phenoxy) is 2.